The highest BCUT2D eigenvalue weighted by molar-refractivity contribution is 6.28. The number of hydrogen-bond donors (Lipinski definition) is 0. The minimum Gasteiger partial charge on any atom is -0.316 e. The second-order valence-electron chi connectivity index (χ2n) is 14.9. The molecule has 0 aliphatic heterocycles. The van der Waals surface area contributed by atoms with Crippen LogP contribution in [0.4, 0.5) is 0 Å². The zero-order valence-electron chi connectivity index (χ0n) is 31.8. The summed E-state index contributed by atoms with van der Waals surface area (Å²) in [6.45, 7) is 0. The number of aromatic nitrogens is 6. The fraction of sp³-hybridized carbons (Fsp3) is 0. The van der Waals surface area contributed by atoms with Crippen LogP contribution in [0.5, 0.6) is 0 Å². The molecule has 8 aromatic carbocycles. The lowest BCUT2D eigenvalue weighted by atomic mass is 10.1. The molecule has 0 spiro atoms. The molecule has 59 heavy (non-hydrogen) atoms. The van der Waals surface area contributed by atoms with Crippen LogP contribution in [0.3, 0.4) is 0 Å². The van der Waals surface area contributed by atoms with E-state index in [9.17, 15) is 0 Å². The Labute approximate surface area is 339 Å². The zero-order chi connectivity index (χ0) is 38.9. The molecule has 6 heteroatoms. The van der Waals surface area contributed by atoms with Gasteiger partial charge in [-0.3, -0.25) is 0 Å². The molecule has 0 bridgehead atoms. The normalized spacial score (nSPS) is 11.7. The van der Waals surface area contributed by atoms with Crippen molar-refractivity contribution in [2.45, 2.75) is 0 Å². The van der Waals surface area contributed by atoms with Gasteiger partial charge >= 0.3 is 0 Å². The number of benzene rings is 8. The Hall–Kier alpha value is -8.09. The van der Waals surface area contributed by atoms with Gasteiger partial charge in [0.15, 0.2) is 17.5 Å². The third kappa shape index (κ3) is 5.24. The van der Waals surface area contributed by atoms with Crippen LogP contribution in [0.15, 0.2) is 206 Å². The molecule has 0 saturated carbocycles. The SMILES string of the molecule is c1ccc(-c2nc(-c3ccccc3)nc(-c3cccc(-n4c5c(ccc6c5ccn6-c5ccccc5)c5ccc6c(c7ccccc7n6-c6ccccc6)c54)c3)n2)cc1. The predicted octanol–water partition coefficient (Wildman–Crippen LogP) is 13.0. The van der Waals surface area contributed by atoms with Crippen LogP contribution in [0.25, 0.3) is 106 Å². The maximum absolute atomic E-state index is 5.12. The molecule has 0 aliphatic carbocycles. The van der Waals surface area contributed by atoms with Crippen molar-refractivity contribution >= 4 is 54.5 Å². The molecule has 276 valence electrons. The summed E-state index contributed by atoms with van der Waals surface area (Å²) >= 11 is 0. The van der Waals surface area contributed by atoms with Gasteiger partial charge in [-0.25, -0.2) is 15.0 Å². The standard InChI is InChI=1S/C53H34N6/c1-5-16-35(17-6-1)51-54-52(36-18-7-2-8-19-36)56-53(55-51)37-20-15-25-40(34-37)59-49-41(28-30-45-44(49)32-33-57(45)38-21-9-3-10-22-38)42-29-31-47-48(50(42)59)43-26-13-14-27-46(43)58(47)39-23-11-4-12-24-39/h1-34H. The molecule has 4 heterocycles. The van der Waals surface area contributed by atoms with E-state index in [1.165, 1.54) is 32.4 Å². The second-order valence-corrected chi connectivity index (χ2v) is 14.9. The van der Waals surface area contributed by atoms with Gasteiger partial charge in [0.1, 0.15) is 0 Å². The van der Waals surface area contributed by atoms with E-state index in [1.54, 1.807) is 0 Å². The fourth-order valence-electron chi connectivity index (χ4n) is 8.91. The maximum atomic E-state index is 5.12. The fourth-order valence-corrected chi connectivity index (χ4v) is 8.91. The lowest BCUT2D eigenvalue weighted by Gasteiger charge is -2.13. The van der Waals surface area contributed by atoms with Crippen LogP contribution in [0.2, 0.25) is 0 Å². The van der Waals surface area contributed by atoms with E-state index in [-0.39, 0.29) is 0 Å². The average Bonchev–Trinajstić information content (AvgIpc) is 4.00. The van der Waals surface area contributed by atoms with Gasteiger partial charge in [0.2, 0.25) is 0 Å². The Bertz CT molecular complexity index is 3470. The van der Waals surface area contributed by atoms with E-state index in [2.05, 4.69) is 159 Å². The highest BCUT2D eigenvalue weighted by atomic mass is 15.0. The summed E-state index contributed by atoms with van der Waals surface area (Å²) < 4.78 is 7.16. The molecule has 0 amide bonds. The maximum Gasteiger partial charge on any atom is 0.164 e. The summed E-state index contributed by atoms with van der Waals surface area (Å²) in [5.41, 5.74) is 11.8. The van der Waals surface area contributed by atoms with E-state index in [0.29, 0.717) is 17.5 Å². The molecule has 0 radical (unpaired) electrons. The Balaban J connectivity index is 1.18. The lowest BCUT2D eigenvalue weighted by molar-refractivity contribution is 1.07. The summed E-state index contributed by atoms with van der Waals surface area (Å²) in [5.74, 6) is 1.89. The molecule has 0 fully saturated rings. The van der Waals surface area contributed by atoms with E-state index < -0.39 is 0 Å². The first-order chi connectivity index (χ1) is 29.3. The zero-order valence-corrected chi connectivity index (χ0v) is 31.8. The van der Waals surface area contributed by atoms with Crippen molar-refractivity contribution in [3.05, 3.63) is 206 Å². The smallest absolute Gasteiger partial charge is 0.164 e. The van der Waals surface area contributed by atoms with Crippen molar-refractivity contribution in [2.75, 3.05) is 0 Å². The summed E-state index contributed by atoms with van der Waals surface area (Å²) in [6, 6.07) is 70.4. The summed E-state index contributed by atoms with van der Waals surface area (Å²) in [7, 11) is 0. The highest BCUT2D eigenvalue weighted by Gasteiger charge is 2.23. The largest absolute Gasteiger partial charge is 0.316 e. The van der Waals surface area contributed by atoms with E-state index in [4.69, 9.17) is 15.0 Å². The first kappa shape index (κ1) is 33.1. The highest BCUT2D eigenvalue weighted by Crippen LogP contribution is 2.44. The van der Waals surface area contributed by atoms with Crippen LogP contribution in [0.1, 0.15) is 0 Å². The van der Waals surface area contributed by atoms with Gasteiger partial charge in [-0.1, -0.05) is 140 Å². The van der Waals surface area contributed by atoms with Crippen LogP contribution < -0.4 is 0 Å². The Morgan fingerprint density at radius 2 is 0.831 bits per heavy atom. The topological polar surface area (TPSA) is 53.5 Å². The number of hydrogen-bond acceptors (Lipinski definition) is 3. The Morgan fingerprint density at radius 3 is 1.51 bits per heavy atom. The molecule has 4 aromatic heterocycles. The van der Waals surface area contributed by atoms with Gasteiger partial charge in [-0.2, -0.15) is 0 Å². The molecule has 12 rings (SSSR count). The number of rotatable bonds is 6. The van der Waals surface area contributed by atoms with E-state index >= 15 is 0 Å². The molecule has 12 aromatic rings. The first-order valence-electron chi connectivity index (χ1n) is 19.9. The van der Waals surface area contributed by atoms with Gasteiger partial charge in [-0.05, 0) is 60.7 Å². The first-order valence-corrected chi connectivity index (χ1v) is 19.9. The van der Waals surface area contributed by atoms with Gasteiger partial charge in [0.25, 0.3) is 0 Å². The Kier molecular flexibility index (Phi) is 7.43. The Morgan fingerprint density at radius 1 is 0.305 bits per heavy atom. The quantitative estimate of drug-likeness (QED) is 0.170. The molecular weight excluding hydrogens is 721 g/mol. The average molecular weight is 755 g/mol. The molecule has 0 saturated heterocycles. The second kappa shape index (κ2) is 13.3. The van der Waals surface area contributed by atoms with Gasteiger partial charge in [0.05, 0.1) is 27.6 Å². The number of fused-ring (bicyclic) bond motifs is 9. The summed E-state index contributed by atoms with van der Waals surface area (Å²) in [5, 5.41) is 5.97. The molecule has 0 unspecified atom stereocenters. The third-order valence-corrected chi connectivity index (χ3v) is 11.5. The number of para-hydroxylation sites is 3. The van der Waals surface area contributed by atoms with Crippen LogP contribution in [-0.4, -0.2) is 28.7 Å². The van der Waals surface area contributed by atoms with Crippen molar-refractivity contribution in [1.82, 2.24) is 28.7 Å². The van der Waals surface area contributed by atoms with Crippen LogP contribution >= 0.6 is 0 Å². The van der Waals surface area contributed by atoms with Gasteiger partial charge in [-0.15, -0.1) is 0 Å². The van der Waals surface area contributed by atoms with Gasteiger partial charge in [0, 0.05) is 66.9 Å². The van der Waals surface area contributed by atoms with Crippen LogP contribution in [0, 0.1) is 0 Å². The van der Waals surface area contributed by atoms with Crippen molar-refractivity contribution in [3.63, 3.8) is 0 Å². The predicted molar refractivity (Wildman–Crippen MR) is 242 cm³/mol. The van der Waals surface area contributed by atoms with E-state index in [0.717, 1.165) is 55.8 Å². The summed E-state index contributed by atoms with van der Waals surface area (Å²) in [6.07, 6.45) is 2.19. The van der Waals surface area contributed by atoms with Crippen molar-refractivity contribution in [1.29, 1.82) is 0 Å². The van der Waals surface area contributed by atoms with Crippen molar-refractivity contribution in [3.8, 4) is 51.2 Å². The minimum atomic E-state index is 0.617. The van der Waals surface area contributed by atoms with E-state index in [1.807, 2.05) is 60.7 Å². The lowest BCUT2D eigenvalue weighted by Crippen LogP contribution is -2.01. The monoisotopic (exact) mass is 754 g/mol. The molecule has 6 nitrogen and oxygen atoms in total. The van der Waals surface area contributed by atoms with Crippen LogP contribution in [-0.2, 0) is 0 Å². The summed E-state index contributed by atoms with van der Waals surface area (Å²) in [4.78, 5) is 15.2. The molecule has 0 aliphatic rings. The van der Waals surface area contributed by atoms with Gasteiger partial charge < -0.3 is 13.7 Å². The minimum absolute atomic E-state index is 0.617. The third-order valence-electron chi connectivity index (χ3n) is 11.5. The number of nitrogens with zero attached hydrogens (tertiary/aromatic N) is 6. The van der Waals surface area contributed by atoms with Crippen molar-refractivity contribution < 1.29 is 0 Å². The molecule has 0 atom stereocenters. The van der Waals surface area contributed by atoms with Crippen molar-refractivity contribution in [2.24, 2.45) is 0 Å². The molecule has 0 N–H and O–H groups in total. The molecular formula is C53H34N6.